The Morgan fingerprint density at radius 1 is 0.950 bits per heavy atom. The molecule has 0 aromatic carbocycles. The van der Waals surface area contributed by atoms with Crippen LogP contribution >= 0.6 is 0 Å². The molecular formula is C20H30. The molecule has 110 valence electrons. The van der Waals surface area contributed by atoms with Gasteiger partial charge in [-0.1, -0.05) is 56.9 Å². The first-order valence-electron chi connectivity index (χ1n) is 9.03. The minimum Gasteiger partial charge on any atom is -0.0745 e. The third-order valence-electron chi connectivity index (χ3n) is 7.63. The Morgan fingerprint density at radius 2 is 1.85 bits per heavy atom. The molecule has 20 heavy (non-hydrogen) atoms. The molecule has 3 saturated carbocycles. The first-order chi connectivity index (χ1) is 9.63. The van der Waals surface area contributed by atoms with E-state index >= 15 is 0 Å². The Kier molecular flexibility index (Phi) is 2.95. The zero-order valence-corrected chi connectivity index (χ0v) is 13.3. The van der Waals surface area contributed by atoms with Crippen molar-refractivity contribution in [1.82, 2.24) is 0 Å². The molecule has 0 amide bonds. The average molecular weight is 270 g/mol. The second-order valence-electron chi connectivity index (χ2n) is 8.53. The standard InChI is InChI=1S/C20H30/c1-19-12-6-8-17(19)16-10-9-15-7-4-3-5-13-20(15,2)18(16)11-14-19/h6,8,12,15-16,18H,3-5,7,9-11,13-14H2,1-2H3. The van der Waals surface area contributed by atoms with Crippen molar-refractivity contribution in [3.8, 4) is 0 Å². The van der Waals surface area contributed by atoms with Crippen LogP contribution in [0.2, 0.25) is 0 Å². The van der Waals surface area contributed by atoms with E-state index in [1.54, 1.807) is 5.57 Å². The fourth-order valence-electron chi connectivity index (χ4n) is 6.40. The lowest BCUT2D eigenvalue weighted by molar-refractivity contribution is -0.0249. The molecule has 0 aromatic rings. The van der Waals surface area contributed by atoms with Crippen molar-refractivity contribution in [2.24, 2.45) is 28.6 Å². The number of hydrogen-bond acceptors (Lipinski definition) is 0. The van der Waals surface area contributed by atoms with Crippen LogP contribution in [0.3, 0.4) is 0 Å². The van der Waals surface area contributed by atoms with Gasteiger partial charge in [-0.25, -0.2) is 0 Å². The third-order valence-corrected chi connectivity index (χ3v) is 7.63. The van der Waals surface area contributed by atoms with Gasteiger partial charge < -0.3 is 0 Å². The van der Waals surface area contributed by atoms with Crippen molar-refractivity contribution in [3.05, 3.63) is 23.8 Å². The van der Waals surface area contributed by atoms with Gasteiger partial charge in [0, 0.05) is 5.41 Å². The lowest BCUT2D eigenvalue weighted by atomic mass is 9.48. The van der Waals surface area contributed by atoms with E-state index < -0.39 is 0 Å². The van der Waals surface area contributed by atoms with Gasteiger partial charge in [-0.05, 0) is 61.7 Å². The van der Waals surface area contributed by atoms with Crippen LogP contribution in [-0.4, -0.2) is 0 Å². The van der Waals surface area contributed by atoms with Crippen LogP contribution < -0.4 is 0 Å². The maximum Gasteiger partial charge on any atom is 0.00717 e. The quantitative estimate of drug-likeness (QED) is 0.514. The van der Waals surface area contributed by atoms with Gasteiger partial charge >= 0.3 is 0 Å². The molecule has 4 aliphatic rings. The summed E-state index contributed by atoms with van der Waals surface area (Å²) in [6.45, 7) is 5.16. The minimum atomic E-state index is 0.426. The van der Waals surface area contributed by atoms with E-state index in [2.05, 4.69) is 32.1 Å². The second kappa shape index (κ2) is 4.49. The summed E-state index contributed by atoms with van der Waals surface area (Å²) in [7, 11) is 0. The lowest BCUT2D eigenvalue weighted by Crippen LogP contribution is -2.47. The number of hydrogen-bond donors (Lipinski definition) is 0. The highest BCUT2D eigenvalue weighted by Crippen LogP contribution is 2.63. The van der Waals surface area contributed by atoms with Crippen molar-refractivity contribution in [3.63, 3.8) is 0 Å². The van der Waals surface area contributed by atoms with E-state index in [0.29, 0.717) is 10.8 Å². The van der Waals surface area contributed by atoms with Crippen LogP contribution in [0, 0.1) is 28.6 Å². The van der Waals surface area contributed by atoms with Crippen LogP contribution in [-0.2, 0) is 0 Å². The Labute approximate surface area is 124 Å². The average Bonchev–Trinajstić information content (AvgIpc) is 2.71. The summed E-state index contributed by atoms with van der Waals surface area (Å²) in [5.74, 6) is 2.92. The molecule has 0 radical (unpaired) electrons. The molecule has 0 nitrogen and oxygen atoms in total. The van der Waals surface area contributed by atoms with Crippen LogP contribution in [0.4, 0.5) is 0 Å². The lowest BCUT2D eigenvalue weighted by Gasteiger charge is -2.56. The summed E-state index contributed by atoms with van der Waals surface area (Å²) in [5, 5.41) is 0. The normalized spacial score (nSPS) is 50.7. The molecule has 0 aromatic heterocycles. The minimum absolute atomic E-state index is 0.426. The Balaban J connectivity index is 1.68. The maximum atomic E-state index is 2.67. The summed E-state index contributed by atoms with van der Waals surface area (Å²) in [6.07, 6.45) is 20.7. The van der Waals surface area contributed by atoms with E-state index in [4.69, 9.17) is 0 Å². The molecule has 0 heterocycles. The van der Waals surface area contributed by atoms with E-state index in [0.717, 1.165) is 17.8 Å². The van der Waals surface area contributed by atoms with Gasteiger partial charge in [0.2, 0.25) is 0 Å². The predicted molar refractivity (Wildman–Crippen MR) is 85.5 cm³/mol. The van der Waals surface area contributed by atoms with Gasteiger partial charge in [0.25, 0.3) is 0 Å². The molecule has 0 saturated heterocycles. The van der Waals surface area contributed by atoms with Crippen LogP contribution in [0.1, 0.15) is 71.6 Å². The van der Waals surface area contributed by atoms with Gasteiger partial charge in [-0.3, -0.25) is 0 Å². The van der Waals surface area contributed by atoms with Gasteiger partial charge in [0.1, 0.15) is 0 Å². The second-order valence-corrected chi connectivity index (χ2v) is 8.53. The van der Waals surface area contributed by atoms with Gasteiger partial charge in [0.15, 0.2) is 0 Å². The monoisotopic (exact) mass is 270 g/mol. The van der Waals surface area contributed by atoms with E-state index in [-0.39, 0.29) is 0 Å². The molecule has 5 atom stereocenters. The Morgan fingerprint density at radius 3 is 2.75 bits per heavy atom. The summed E-state index contributed by atoms with van der Waals surface area (Å²) < 4.78 is 0. The molecule has 5 unspecified atom stereocenters. The largest absolute Gasteiger partial charge is 0.0745 e. The van der Waals surface area contributed by atoms with Crippen LogP contribution in [0.15, 0.2) is 23.8 Å². The zero-order chi connectivity index (χ0) is 13.8. The zero-order valence-electron chi connectivity index (χ0n) is 13.3. The van der Waals surface area contributed by atoms with E-state index in [1.165, 1.54) is 57.8 Å². The number of fused-ring (bicyclic) bond motifs is 5. The summed E-state index contributed by atoms with van der Waals surface area (Å²) in [6, 6.07) is 0. The van der Waals surface area contributed by atoms with E-state index in [9.17, 15) is 0 Å². The smallest absolute Gasteiger partial charge is 0.00717 e. The fourth-order valence-corrected chi connectivity index (χ4v) is 6.40. The Bertz CT molecular complexity index is 457. The molecule has 0 bridgehead atoms. The van der Waals surface area contributed by atoms with Crippen molar-refractivity contribution in [2.45, 2.75) is 71.6 Å². The highest BCUT2D eigenvalue weighted by molar-refractivity contribution is 5.37. The molecule has 0 spiro atoms. The van der Waals surface area contributed by atoms with Gasteiger partial charge in [0.05, 0.1) is 0 Å². The Hall–Kier alpha value is -0.520. The molecule has 0 heteroatoms. The van der Waals surface area contributed by atoms with Crippen molar-refractivity contribution in [2.75, 3.05) is 0 Å². The number of rotatable bonds is 0. The first kappa shape index (κ1) is 13.2. The van der Waals surface area contributed by atoms with E-state index in [1.807, 2.05) is 0 Å². The van der Waals surface area contributed by atoms with Gasteiger partial charge in [-0.2, -0.15) is 0 Å². The molecule has 0 N–H and O–H groups in total. The van der Waals surface area contributed by atoms with Crippen LogP contribution in [0.5, 0.6) is 0 Å². The highest BCUT2D eigenvalue weighted by atomic mass is 14.6. The summed E-state index contributed by atoms with van der Waals surface area (Å²) in [5.41, 5.74) is 2.89. The number of allylic oxidation sites excluding steroid dienone is 4. The maximum absolute atomic E-state index is 2.67. The topological polar surface area (TPSA) is 0 Å². The summed E-state index contributed by atoms with van der Waals surface area (Å²) >= 11 is 0. The molecule has 0 aliphatic heterocycles. The molecule has 4 aliphatic carbocycles. The summed E-state index contributed by atoms with van der Waals surface area (Å²) in [4.78, 5) is 0. The predicted octanol–water partition coefficient (Wildman–Crippen LogP) is 5.90. The van der Waals surface area contributed by atoms with Crippen molar-refractivity contribution < 1.29 is 0 Å². The molecular weight excluding hydrogens is 240 g/mol. The molecule has 3 fully saturated rings. The van der Waals surface area contributed by atoms with Crippen molar-refractivity contribution in [1.29, 1.82) is 0 Å². The first-order valence-corrected chi connectivity index (χ1v) is 9.03. The van der Waals surface area contributed by atoms with Crippen molar-refractivity contribution >= 4 is 0 Å². The van der Waals surface area contributed by atoms with Crippen LogP contribution in [0.25, 0.3) is 0 Å². The third kappa shape index (κ3) is 1.72. The highest BCUT2D eigenvalue weighted by Gasteiger charge is 2.53. The fraction of sp³-hybridized carbons (Fsp3) is 0.800. The SMILES string of the molecule is CC12C=CC=C1C1CCC3CCCCCC3(C)C1CC2. The molecule has 4 rings (SSSR count). The van der Waals surface area contributed by atoms with Gasteiger partial charge in [-0.15, -0.1) is 0 Å².